The van der Waals surface area contributed by atoms with Crippen molar-refractivity contribution in [2.45, 2.75) is 31.2 Å². The van der Waals surface area contributed by atoms with Gasteiger partial charge in [0.15, 0.2) is 5.79 Å². The molecule has 0 aromatic heterocycles. The molecule has 0 radical (unpaired) electrons. The Hall–Kier alpha value is -2.46. The number of ketones is 1. The Labute approximate surface area is 174 Å². The van der Waals surface area contributed by atoms with E-state index in [0.29, 0.717) is 5.02 Å². The fourth-order valence-corrected chi connectivity index (χ4v) is 5.51. The normalized spacial score (nSPS) is 26.3. The van der Waals surface area contributed by atoms with E-state index in [1.165, 1.54) is 6.92 Å². The number of halogens is 1. The molecule has 0 amide bonds. The molecule has 3 nitrogen and oxygen atoms in total. The van der Waals surface area contributed by atoms with E-state index in [9.17, 15) is 9.90 Å². The lowest BCUT2D eigenvalue weighted by Gasteiger charge is -2.34. The molecule has 1 fully saturated rings. The third-order valence-electron chi connectivity index (χ3n) is 6.33. The highest BCUT2D eigenvalue weighted by Gasteiger charge is 2.66. The monoisotopic (exact) mass is 404 g/mol. The Balaban J connectivity index is 1.87. The number of fused-ring (bicyclic) bond motifs is 5. The number of aliphatic hydroxyl groups is 1. The molecule has 4 heteroatoms. The largest absolute Gasteiger partial charge is 0.365 e. The van der Waals surface area contributed by atoms with E-state index in [1.54, 1.807) is 6.92 Å². The van der Waals surface area contributed by atoms with Gasteiger partial charge in [0.25, 0.3) is 0 Å². The Morgan fingerprint density at radius 3 is 1.97 bits per heavy atom. The summed E-state index contributed by atoms with van der Waals surface area (Å²) in [6.07, 6.45) is 0. The van der Waals surface area contributed by atoms with E-state index < -0.39 is 23.2 Å². The van der Waals surface area contributed by atoms with E-state index in [1.807, 2.05) is 60.7 Å². The number of hydrogen-bond donors (Lipinski definition) is 1. The van der Waals surface area contributed by atoms with Crippen LogP contribution in [-0.4, -0.2) is 16.7 Å². The second kappa shape index (κ2) is 6.27. The zero-order valence-corrected chi connectivity index (χ0v) is 17.0. The number of benzene rings is 3. The van der Waals surface area contributed by atoms with Crippen LogP contribution in [0.4, 0.5) is 0 Å². The molecule has 1 aliphatic heterocycles. The summed E-state index contributed by atoms with van der Waals surface area (Å²) in [5.74, 6) is -2.82. The van der Waals surface area contributed by atoms with Crippen molar-refractivity contribution in [3.63, 3.8) is 0 Å². The fourth-order valence-electron chi connectivity index (χ4n) is 5.38. The second-order valence-electron chi connectivity index (χ2n) is 8.10. The van der Waals surface area contributed by atoms with Crippen molar-refractivity contribution in [1.82, 2.24) is 0 Å². The van der Waals surface area contributed by atoms with Crippen molar-refractivity contribution in [1.29, 1.82) is 0 Å². The molecule has 1 N–H and O–H groups in total. The van der Waals surface area contributed by atoms with Crippen molar-refractivity contribution in [3.05, 3.63) is 94.5 Å². The van der Waals surface area contributed by atoms with Crippen LogP contribution in [-0.2, 0) is 15.1 Å². The first kappa shape index (κ1) is 18.6. The third-order valence-corrected chi connectivity index (χ3v) is 6.58. The summed E-state index contributed by atoms with van der Waals surface area (Å²) in [5.41, 5.74) is 4.05. The molecular weight excluding hydrogens is 384 g/mol. The molecule has 0 bridgehead atoms. The molecule has 1 spiro atoms. The maximum atomic E-state index is 12.8. The molecule has 5 rings (SSSR count). The summed E-state index contributed by atoms with van der Waals surface area (Å²) in [5, 5.41) is 11.9. The van der Waals surface area contributed by atoms with Crippen LogP contribution in [0.15, 0.2) is 72.8 Å². The molecule has 3 atom stereocenters. The van der Waals surface area contributed by atoms with E-state index in [0.717, 1.165) is 27.8 Å². The van der Waals surface area contributed by atoms with Gasteiger partial charge in [-0.2, -0.15) is 0 Å². The zero-order valence-electron chi connectivity index (χ0n) is 16.2. The molecule has 3 aromatic rings. The lowest BCUT2D eigenvalue weighted by atomic mass is 9.69. The summed E-state index contributed by atoms with van der Waals surface area (Å²) in [4.78, 5) is 12.8. The Morgan fingerprint density at radius 1 is 0.931 bits per heavy atom. The zero-order chi connectivity index (χ0) is 20.4. The van der Waals surface area contributed by atoms with Gasteiger partial charge in [0, 0.05) is 10.9 Å². The SMILES string of the molecule is CC(=O)[C@H]1[C@H](c2ccc(Cl)cc2)C2(O[C@@]1(C)O)c1ccccc1-c1ccccc12. The van der Waals surface area contributed by atoms with Gasteiger partial charge in [0.1, 0.15) is 11.4 Å². The van der Waals surface area contributed by atoms with Crippen LogP contribution >= 0.6 is 11.6 Å². The van der Waals surface area contributed by atoms with Crippen LogP contribution in [0.5, 0.6) is 0 Å². The molecule has 29 heavy (non-hydrogen) atoms. The van der Waals surface area contributed by atoms with Gasteiger partial charge in [-0.15, -0.1) is 0 Å². The minimum Gasteiger partial charge on any atom is -0.365 e. The highest BCUT2D eigenvalue weighted by Crippen LogP contribution is 2.65. The Bertz CT molecular complexity index is 1070. The first-order valence-corrected chi connectivity index (χ1v) is 10.1. The number of ether oxygens (including phenoxy) is 1. The molecule has 0 saturated carbocycles. The molecule has 1 heterocycles. The van der Waals surface area contributed by atoms with Gasteiger partial charge in [0.2, 0.25) is 0 Å². The van der Waals surface area contributed by atoms with Gasteiger partial charge in [0.05, 0.1) is 5.92 Å². The Morgan fingerprint density at radius 2 is 1.45 bits per heavy atom. The number of hydrogen-bond acceptors (Lipinski definition) is 3. The van der Waals surface area contributed by atoms with Gasteiger partial charge in [-0.05, 0) is 53.8 Å². The smallest absolute Gasteiger partial charge is 0.174 e. The highest BCUT2D eigenvalue weighted by molar-refractivity contribution is 6.30. The lowest BCUT2D eigenvalue weighted by Crippen LogP contribution is -2.37. The van der Waals surface area contributed by atoms with Gasteiger partial charge in [-0.1, -0.05) is 72.3 Å². The van der Waals surface area contributed by atoms with E-state index >= 15 is 0 Å². The van der Waals surface area contributed by atoms with Gasteiger partial charge in [-0.3, -0.25) is 4.79 Å². The number of carbonyl (C=O) groups excluding carboxylic acids is 1. The van der Waals surface area contributed by atoms with Gasteiger partial charge in [-0.25, -0.2) is 0 Å². The van der Waals surface area contributed by atoms with Crippen molar-refractivity contribution >= 4 is 17.4 Å². The lowest BCUT2D eigenvalue weighted by molar-refractivity contribution is -0.217. The maximum Gasteiger partial charge on any atom is 0.174 e. The first-order chi connectivity index (χ1) is 13.9. The van der Waals surface area contributed by atoms with Crippen LogP contribution in [0, 0.1) is 5.92 Å². The van der Waals surface area contributed by atoms with E-state index in [2.05, 4.69) is 12.1 Å². The molecule has 1 aliphatic carbocycles. The van der Waals surface area contributed by atoms with Gasteiger partial charge >= 0.3 is 0 Å². The summed E-state index contributed by atoms with van der Waals surface area (Å²) in [6.45, 7) is 3.12. The number of Topliss-reactive ketones (excluding diaryl/α,β-unsaturated/α-hetero) is 1. The summed E-state index contributed by atoms with van der Waals surface area (Å²) < 4.78 is 6.52. The predicted molar refractivity (Wildman–Crippen MR) is 113 cm³/mol. The minimum atomic E-state index is -1.61. The summed E-state index contributed by atoms with van der Waals surface area (Å²) >= 11 is 6.14. The van der Waals surface area contributed by atoms with Crippen LogP contribution in [0.1, 0.15) is 36.5 Å². The maximum absolute atomic E-state index is 12.8. The second-order valence-corrected chi connectivity index (χ2v) is 8.54. The Kier molecular flexibility index (Phi) is 4.01. The van der Waals surface area contributed by atoms with Crippen molar-refractivity contribution in [3.8, 4) is 11.1 Å². The fraction of sp³-hybridized carbons (Fsp3) is 0.240. The molecule has 1 saturated heterocycles. The summed E-state index contributed by atoms with van der Waals surface area (Å²) in [6, 6.07) is 23.7. The van der Waals surface area contributed by atoms with Crippen molar-refractivity contribution in [2.24, 2.45) is 5.92 Å². The number of rotatable bonds is 2. The van der Waals surface area contributed by atoms with Crippen molar-refractivity contribution < 1.29 is 14.6 Å². The minimum absolute atomic E-state index is 0.103. The first-order valence-electron chi connectivity index (χ1n) is 9.74. The predicted octanol–water partition coefficient (Wildman–Crippen LogP) is 5.29. The molecule has 0 unspecified atom stereocenters. The van der Waals surface area contributed by atoms with E-state index in [4.69, 9.17) is 16.3 Å². The molecule has 2 aliphatic rings. The molecule has 3 aromatic carbocycles. The van der Waals surface area contributed by atoms with Gasteiger partial charge < -0.3 is 9.84 Å². The highest BCUT2D eigenvalue weighted by atomic mass is 35.5. The number of carbonyl (C=O) groups is 1. The summed E-state index contributed by atoms with van der Waals surface area (Å²) in [7, 11) is 0. The van der Waals surface area contributed by atoms with Crippen LogP contribution < -0.4 is 0 Å². The van der Waals surface area contributed by atoms with Crippen LogP contribution in [0.2, 0.25) is 5.02 Å². The average Bonchev–Trinajstić information content (AvgIpc) is 3.12. The third kappa shape index (κ3) is 2.48. The van der Waals surface area contributed by atoms with E-state index in [-0.39, 0.29) is 5.78 Å². The molecular formula is C25H21ClO3. The van der Waals surface area contributed by atoms with Crippen LogP contribution in [0.3, 0.4) is 0 Å². The van der Waals surface area contributed by atoms with Crippen molar-refractivity contribution in [2.75, 3.05) is 0 Å². The topological polar surface area (TPSA) is 46.5 Å². The van der Waals surface area contributed by atoms with Crippen LogP contribution in [0.25, 0.3) is 11.1 Å². The quantitative estimate of drug-likeness (QED) is 0.631. The standard InChI is InChI=1S/C25H21ClO3/c1-15(27)22-23(16-11-13-17(26)14-12-16)25(29-24(22,2)28)20-9-5-3-7-18(20)19-8-4-6-10-21(19)25/h3-14,22-23,28H,1-2H3/t22-,23-,24+/m0/s1. The molecule has 146 valence electrons. The average molecular weight is 405 g/mol.